The van der Waals surface area contributed by atoms with Crippen LogP contribution >= 0.6 is 0 Å². The van der Waals surface area contributed by atoms with Gasteiger partial charge in [0.15, 0.2) is 6.61 Å². The van der Waals surface area contributed by atoms with Crippen LogP contribution in [0.15, 0.2) is 42.9 Å². The molecule has 148 valence electrons. The summed E-state index contributed by atoms with van der Waals surface area (Å²) >= 11 is 0. The van der Waals surface area contributed by atoms with Gasteiger partial charge >= 0.3 is 24.0 Å². The van der Waals surface area contributed by atoms with E-state index in [0.29, 0.717) is 5.56 Å². The molecule has 1 atom stereocenters. The van der Waals surface area contributed by atoms with E-state index in [4.69, 9.17) is 0 Å². The molecule has 0 fully saturated rings. The maximum absolute atomic E-state index is 13.3. The fourth-order valence-electron chi connectivity index (χ4n) is 2.19. The molecule has 1 aromatic carbocycles. The van der Waals surface area contributed by atoms with Gasteiger partial charge in [-0.05, 0) is 12.5 Å². The Morgan fingerprint density at radius 3 is 2.26 bits per heavy atom. The van der Waals surface area contributed by atoms with Crippen molar-refractivity contribution in [3.05, 3.63) is 54.1 Å². The monoisotopic (exact) mass is 398 g/mol. The number of hydrogen-bond donors (Lipinski definition) is 0. The first-order valence-corrected chi connectivity index (χ1v) is 7.45. The van der Waals surface area contributed by atoms with Crippen LogP contribution in [0.2, 0.25) is 0 Å². The molecule has 0 spiro atoms. The molecule has 0 aliphatic heterocycles. The third kappa shape index (κ3) is 4.06. The minimum absolute atomic E-state index is 0.377. The van der Waals surface area contributed by atoms with Crippen molar-refractivity contribution >= 4 is 5.97 Å². The zero-order chi connectivity index (χ0) is 20.5. The fourth-order valence-corrected chi connectivity index (χ4v) is 2.19. The van der Waals surface area contributed by atoms with E-state index in [-0.39, 0.29) is 5.69 Å². The van der Waals surface area contributed by atoms with Gasteiger partial charge in [-0.25, -0.2) is 9.78 Å². The van der Waals surface area contributed by atoms with E-state index >= 15 is 0 Å². The predicted octanol–water partition coefficient (Wildman–Crippen LogP) is 4.48. The molecule has 0 saturated heterocycles. The highest BCUT2D eigenvalue weighted by Gasteiger charge is 2.73. The van der Waals surface area contributed by atoms with Gasteiger partial charge in [0.2, 0.25) is 0 Å². The standard InChI is InChI=1S/C16H13F7N2O2/c1-10(11-5-3-2-4-6-11)25-9-24-7-12(25)13(26)27-8-14(17,18)15(19,20)16(21,22)23/h2-7,9-10H,8H2,1H3. The largest absolute Gasteiger partial charge is 0.460 e. The van der Waals surface area contributed by atoms with E-state index in [9.17, 15) is 35.5 Å². The van der Waals surface area contributed by atoms with E-state index in [1.165, 1.54) is 10.9 Å². The molecule has 11 heteroatoms. The van der Waals surface area contributed by atoms with Crippen molar-refractivity contribution in [1.82, 2.24) is 9.55 Å². The number of esters is 1. The fraction of sp³-hybridized carbons (Fsp3) is 0.375. The van der Waals surface area contributed by atoms with Crippen molar-refractivity contribution in [3.63, 3.8) is 0 Å². The van der Waals surface area contributed by atoms with E-state index in [1.807, 2.05) is 0 Å². The number of imidazole rings is 1. The zero-order valence-corrected chi connectivity index (χ0v) is 13.7. The molecule has 27 heavy (non-hydrogen) atoms. The quantitative estimate of drug-likeness (QED) is 0.532. The van der Waals surface area contributed by atoms with Crippen molar-refractivity contribution in [2.24, 2.45) is 0 Å². The summed E-state index contributed by atoms with van der Waals surface area (Å²) in [7, 11) is 0. The van der Waals surface area contributed by atoms with Crippen LogP contribution in [0.5, 0.6) is 0 Å². The number of aromatic nitrogens is 2. The maximum Gasteiger partial charge on any atom is 0.460 e. The Morgan fingerprint density at radius 1 is 1.11 bits per heavy atom. The molecule has 4 nitrogen and oxygen atoms in total. The molecule has 0 N–H and O–H groups in total. The molecule has 0 aliphatic carbocycles. The van der Waals surface area contributed by atoms with Crippen molar-refractivity contribution in [2.75, 3.05) is 6.61 Å². The Kier molecular flexibility index (Phi) is 5.52. The summed E-state index contributed by atoms with van der Waals surface area (Å²) < 4.78 is 93.7. The summed E-state index contributed by atoms with van der Waals surface area (Å²) in [5.41, 5.74) is 0.330. The lowest BCUT2D eigenvalue weighted by Gasteiger charge is -2.27. The third-order valence-corrected chi connectivity index (χ3v) is 3.77. The van der Waals surface area contributed by atoms with Gasteiger partial charge in [-0.3, -0.25) is 0 Å². The third-order valence-electron chi connectivity index (χ3n) is 3.77. The molecule has 1 heterocycles. The molecule has 2 aromatic rings. The second-order valence-electron chi connectivity index (χ2n) is 5.63. The molecule has 0 bridgehead atoms. The minimum Gasteiger partial charge on any atom is -0.454 e. The average molecular weight is 398 g/mol. The summed E-state index contributed by atoms with van der Waals surface area (Å²) in [5, 5.41) is 0. The topological polar surface area (TPSA) is 44.1 Å². The Labute approximate surface area is 148 Å². The van der Waals surface area contributed by atoms with Crippen molar-refractivity contribution in [3.8, 4) is 0 Å². The summed E-state index contributed by atoms with van der Waals surface area (Å²) in [6.07, 6.45) is -4.38. The molecular formula is C16H13F7N2O2. The Balaban J connectivity index is 2.16. The molecule has 2 rings (SSSR count). The lowest BCUT2D eigenvalue weighted by atomic mass is 10.1. The number of benzene rings is 1. The van der Waals surface area contributed by atoms with Gasteiger partial charge in [-0.2, -0.15) is 30.7 Å². The van der Waals surface area contributed by atoms with Crippen LogP contribution in [0.25, 0.3) is 0 Å². The molecule has 1 aromatic heterocycles. The molecule has 0 radical (unpaired) electrons. The SMILES string of the molecule is CC(c1ccccc1)n1cncc1C(=O)OCC(F)(F)C(F)(F)C(F)(F)F. The number of nitrogens with zero attached hydrogens (tertiary/aromatic N) is 2. The van der Waals surface area contributed by atoms with Gasteiger partial charge in [-0.1, -0.05) is 30.3 Å². The zero-order valence-electron chi connectivity index (χ0n) is 13.7. The van der Waals surface area contributed by atoms with E-state index in [0.717, 1.165) is 6.20 Å². The molecular weight excluding hydrogens is 385 g/mol. The highest BCUT2D eigenvalue weighted by atomic mass is 19.4. The number of carbonyl (C=O) groups excluding carboxylic acids is 1. The highest BCUT2D eigenvalue weighted by molar-refractivity contribution is 5.87. The summed E-state index contributed by atoms with van der Waals surface area (Å²) in [6, 6.07) is 8.06. The summed E-state index contributed by atoms with van der Waals surface area (Å²) in [6.45, 7) is -0.802. The first-order valence-electron chi connectivity index (χ1n) is 7.45. The summed E-state index contributed by atoms with van der Waals surface area (Å²) in [5.74, 6) is -13.5. The average Bonchev–Trinajstić information content (AvgIpc) is 3.08. The van der Waals surface area contributed by atoms with Gasteiger partial charge in [0.1, 0.15) is 5.69 Å². The predicted molar refractivity (Wildman–Crippen MR) is 78.7 cm³/mol. The highest BCUT2D eigenvalue weighted by Crippen LogP contribution is 2.46. The lowest BCUT2D eigenvalue weighted by molar-refractivity contribution is -0.359. The molecule has 0 saturated carbocycles. The van der Waals surface area contributed by atoms with Gasteiger partial charge in [0.25, 0.3) is 0 Å². The first kappa shape index (κ1) is 20.7. The van der Waals surface area contributed by atoms with E-state index in [2.05, 4.69) is 9.72 Å². The Morgan fingerprint density at radius 2 is 1.70 bits per heavy atom. The number of rotatable bonds is 6. The van der Waals surface area contributed by atoms with Gasteiger partial charge in [0, 0.05) is 0 Å². The van der Waals surface area contributed by atoms with Crippen molar-refractivity contribution in [1.29, 1.82) is 0 Å². The van der Waals surface area contributed by atoms with E-state index in [1.54, 1.807) is 37.3 Å². The smallest absolute Gasteiger partial charge is 0.454 e. The Hall–Kier alpha value is -2.59. The summed E-state index contributed by atoms with van der Waals surface area (Å²) in [4.78, 5) is 15.6. The second-order valence-corrected chi connectivity index (χ2v) is 5.63. The molecule has 0 aliphatic rings. The molecule has 1 unspecified atom stereocenters. The van der Waals surface area contributed by atoms with Crippen LogP contribution in [0.4, 0.5) is 30.7 Å². The second kappa shape index (κ2) is 7.20. The van der Waals surface area contributed by atoms with Crippen LogP contribution in [-0.4, -0.2) is 40.1 Å². The normalized spacial score (nSPS) is 14.1. The number of ether oxygens (including phenoxy) is 1. The lowest BCUT2D eigenvalue weighted by Crippen LogP contribution is -2.54. The molecule has 0 amide bonds. The maximum atomic E-state index is 13.3. The first-order chi connectivity index (χ1) is 12.4. The Bertz CT molecular complexity index is 788. The number of alkyl halides is 7. The van der Waals surface area contributed by atoms with Crippen molar-refractivity contribution in [2.45, 2.75) is 31.0 Å². The van der Waals surface area contributed by atoms with E-state index < -0.39 is 36.6 Å². The van der Waals surface area contributed by atoms with Crippen LogP contribution in [-0.2, 0) is 4.74 Å². The van der Waals surface area contributed by atoms with Gasteiger partial charge < -0.3 is 9.30 Å². The number of carbonyl (C=O) groups is 1. The van der Waals surface area contributed by atoms with Gasteiger partial charge in [0.05, 0.1) is 18.6 Å². The number of hydrogen-bond acceptors (Lipinski definition) is 3. The van der Waals surface area contributed by atoms with Crippen LogP contribution in [0, 0.1) is 0 Å². The van der Waals surface area contributed by atoms with Crippen LogP contribution in [0.1, 0.15) is 29.0 Å². The minimum atomic E-state index is -6.49. The van der Waals surface area contributed by atoms with Crippen molar-refractivity contribution < 1.29 is 40.3 Å². The van der Waals surface area contributed by atoms with Gasteiger partial charge in [-0.15, -0.1) is 0 Å². The van der Waals surface area contributed by atoms with Crippen LogP contribution in [0.3, 0.4) is 0 Å². The van der Waals surface area contributed by atoms with Crippen LogP contribution < -0.4 is 0 Å². The number of halogens is 7.